The minimum Gasteiger partial charge on any atom is -0.340 e. The number of carbonyl (C=O) groups is 1. The standard InChI is InChI=1S/C14H22N4O/c1-12(15)9-14(19)18-7-5-17(6-8-18)11-13-3-2-4-16-10-13/h2-4,10,12H,5-9,11,15H2,1H3. The Labute approximate surface area is 114 Å². The molecule has 1 fully saturated rings. The average molecular weight is 262 g/mol. The van der Waals surface area contributed by atoms with Gasteiger partial charge >= 0.3 is 0 Å². The molecule has 1 atom stereocenters. The average Bonchev–Trinajstić information content (AvgIpc) is 2.40. The molecule has 1 aromatic heterocycles. The molecule has 19 heavy (non-hydrogen) atoms. The molecule has 2 rings (SSSR count). The minimum absolute atomic E-state index is 0.0547. The highest BCUT2D eigenvalue weighted by molar-refractivity contribution is 5.76. The molecule has 2 N–H and O–H groups in total. The molecule has 0 saturated carbocycles. The lowest BCUT2D eigenvalue weighted by Gasteiger charge is -2.35. The molecule has 1 amide bonds. The molecule has 104 valence electrons. The first kappa shape index (κ1) is 14.0. The minimum atomic E-state index is -0.0547. The van der Waals surface area contributed by atoms with Crippen molar-refractivity contribution in [2.45, 2.75) is 25.9 Å². The van der Waals surface area contributed by atoms with E-state index in [4.69, 9.17) is 5.73 Å². The summed E-state index contributed by atoms with van der Waals surface area (Å²) in [6.07, 6.45) is 4.13. The second kappa shape index (κ2) is 6.63. The van der Waals surface area contributed by atoms with Gasteiger partial charge in [0, 0.05) is 57.6 Å². The van der Waals surface area contributed by atoms with E-state index < -0.39 is 0 Å². The molecule has 0 radical (unpaired) electrons. The summed E-state index contributed by atoms with van der Waals surface area (Å²) in [5.41, 5.74) is 6.88. The third-order valence-electron chi connectivity index (χ3n) is 3.35. The second-order valence-electron chi connectivity index (χ2n) is 5.20. The van der Waals surface area contributed by atoms with Gasteiger partial charge in [0.15, 0.2) is 0 Å². The van der Waals surface area contributed by atoms with E-state index in [1.165, 1.54) is 5.56 Å². The van der Waals surface area contributed by atoms with E-state index in [0.29, 0.717) is 6.42 Å². The Morgan fingerprint density at radius 3 is 2.74 bits per heavy atom. The number of aromatic nitrogens is 1. The Morgan fingerprint density at radius 1 is 1.42 bits per heavy atom. The van der Waals surface area contributed by atoms with Crippen LogP contribution in [0.3, 0.4) is 0 Å². The highest BCUT2D eigenvalue weighted by Crippen LogP contribution is 2.08. The highest BCUT2D eigenvalue weighted by Gasteiger charge is 2.21. The van der Waals surface area contributed by atoms with Crippen LogP contribution < -0.4 is 5.73 Å². The Morgan fingerprint density at radius 2 is 2.16 bits per heavy atom. The van der Waals surface area contributed by atoms with Gasteiger partial charge in [-0.2, -0.15) is 0 Å². The number of piperazine rings is 1. The molecule has 1 unspecified atom stereocenters. The van der Waals surface area contributed by atoms with Crippen LogP contribution in [0.25, 0.3) is 0 Å². The fourth-order valence-electron chi connectivity index (χ4n) is 2.31. The lowest BCUT2D eigenvalue weighted by atomic mass is 10.2. The van der Waals surface area contributed by atoms with Crippen molar-refractivity contribution < 1.29 is 4.79 Å². The van der Waals surface area contributed by atoms with Crippen LogP contribution in [0.1, 0.15) is 18.9 Å². The number of nitrogens with two attached hydrogens (primary N) is 1. The smallest absolute Gasteiger partial charge is 0.224 e. The van der Waals surface area contributed by atoms with E-state index in [0.717, 1.165) is 32.7 Å². The summed E-state index contributed by atoms with van der Waals surface area (Å²) in [5, 5.41) is 0. The Hall–Kier alpha value is -1.46. The van der Waals surface area contributed by atoms with Gasteiger partial charge in [-0.25, -0.2) is 0 Å². The molecule has 1 saturated heterocycles. The van der Waals surface area contributed by atoms with Crippen LogP contribution in [0.5, 0.6) is 0 Å². The summed E-state index contributed by atoms with van der Waals surface area (Å²) in [7, 11) is 0. The van der Waals surface area contributed by atoms with Gasteiger partial charge in [-0.1, -0.05) is 6.07 Å². The molecular weight excluding hydrogens is 240 g/mol. The van der Waals surface area contributed by atoms with Crippen LogP contribution in [-0.4, -0.2) is 52.9 Å². The van der Waals surface area contributed by atoms with Gasteiger partial charge in [-0.15, -0.1) is 0 Å². The SMILES string of the molecule is CC(N)CC(=O)N1CCN(Cc2cccnc2)CC1. The van der Waals surface area contributed by atoms with Crippen LogP contribution in [0, 0.1) is 0 Å². The van der Waals surface area contributed by atoms with E-state index in [2.05, 4.69) is 16.0 Å². The molecule has 0 aromatic carbocycles. The zero-order valence-electron chi connectivity index (χ0n) is 11.5. The molecule has 0 aliphatic carbocycles. The van der Waals surface area contributed by atoms with Gasteiger partial charge in [0.05, 0.1) is 0 Å². The molecular formula is C14H22N4O. The van der Waals surface area contributed by atoms with E-state index in [1.807, 2.05) is 24.1 Å². The third kappa shape index (κ3) is 4.29. The van der Waals surface area contributed by atoms with Crippen molar-refractivity contribution in [2.75, 3.05) is 26.2 Å². The zero-order valence-corrected chi connectivity index (χ0v) is 11.5. The van der Waals surface area contributed by atoms with E-state index in [-0.39, 0.29) is 11.9 Å². The van der Waals surface area contributed by atoms with Crippen LogP contribution in [0.4, 0.5) is 0 Å². The summed E-state index contributed by atoms with van der Waals surface area (Å²) >= 11 is 0. The maximum absolute atomic E-state index is 11.9. The van der Waals surface area contributed by atoms with Gasteiger partial charge in [-0.3, -0.25) is 14.7 Å². The Bertz CT molecular complexity index is 399. The third-order valence-corrected chi connectivity index (χ3v) is 3.35. The first-order chi connectivity index (χ1) is 9.15. The Kier molecular flexibility index (Phi) is 4.87. The number of nitrogens with zero attached hydrogens (tertiary/aromatic N) is 3. The molecule has 1 aliphatic heterocycles. The van der Waals surface area contributed by atoms with Crippen molar-refractivity contribution in [3.05, 3.63) is 30.1 Å². The van der Waals surface area contributed by atoms with Gasteiger partial charge < -0.3 is 10.6 Å². The van der Waals surface area contributed by atoms with E-state index in [1.54, 1.807) is 6.20 Å². The lowest BCUT2D eigenvalue weighted by Crippen LogP contribution is -2.49. The van der Waals surface area contributed by atoms with Crippen LogP contribution >= 0.6 is 0 Å². The zero-order chi connectivity index (χ0) is 13.7. The van der Waals surface area contributed by atoms with Gasteiger partial charge in [0.1, 0.15) is 0 Å². The number of hydrogen-bond donors (Lipinski definition) is 1. The maximum Gasteiger partial charge on any atom is 0.224 e. The molecule has 2 heterocycles. The quantitative estimate of drug-likeness (QED) is 0.856. The second-order valence-corrected chi connectivity index (χ2v) is 5.20. The topological polar surface area (TPSA) is 62.5 Å². The van der Waals surface area contributed by atoms with Gasteiger partial charge in [-0.05, 0) is 18.6 Å². The van der Waals surface area contributed by atoms with Crippen LogP contribution in [0.15, 0.2) is 24.5 Å². The molecule has 0 bridgehead atoms. The van der Waals surface area contributed by atoms with Gasteiger partial charge in [0.25, 0.3) is 0 Å². The summed E-state index contributed by atoms with van der Waals surface area (Å²) < 4.78 is 0. The summed E-state index contributed by atoms with van der Waals surface area (Å²) in [5.74, 6) is 0.177. The number of carbonyl (C=O) groups excluding carboxylic acids is 1. The van der Waals surface area contributed by atoms with Crippen LogP contribution in [0.2, 0.25) is 0 Å². The summed E-state index contributed by atoms with van der Waals surface area (Å²) in [6, 6.07) is 3.99. The van der Waals surface area contributed by atoms with Crippen molar-refractivity contribution in [1.29, 1.82) is 0 Å². The fourth-order valence-corrected chi connectivity index (χ4v) is 2.31. The molecule has 1 aromatic rings. The van der Waals surface area contributed by atoms with Crippen molar-refractivity contribution in [3.8, 4) is 0 Å². The summed E-state index contributed by atoms with van der Waals surface area (Å²) in [6.45, 7) is 6.20. The predicted octanol–water partition coefficient (Wildman–Crippen LogP) is 0.463. The lowest BCUT2D eigenvalue weighted by molar-refractivity contribution is -0.133. The molecule has 0 spiro atoms. The normalized spacial score (nSPS) is 18.3. The van der Waals surface area contributed by atoms with Crippen molar-refractivity contribution >= 4 is 5.91 Å². The van der Waals surface area contributed by atoms with Crippen LogP contribution in [-0.2, 0) is 11.3 Å². The van der Waals surface area contributed by atoms with Crippen molar-refractivity contribution in [1.82, 2.24) is 14.8 Å². The van der Waals surface area contributed by atoms with Gasteiger partial charge in [0.2, 0.25) is 5.91 Å². The summed E-state index contributed by atoms with van der Waals surface area (Å²) in [4.78, 5) is 20.3. The number of pyridine rings is 1. The van der Waals surface area contributed by atoms with E-state index in [9.17, 15) is 4.79 Å². The Balaban J connectivity index is 1.78. The largest absolute Gasteiger partial charge is 0.340 e. The molecule has 1 aliphatic rings. The molecule has 5 nitrogen and oxygen atoms in total. The fraction of sp³-hybridized carbons (Fsp3) is 0.571. The first-order valence-electron chi connectivity index (χ1n) is 6.80. The monoisotopic (exact) mass is 262 g/mol. The first-order valence-corrected chi connectivity index (χ1v) is 6.80. The number of rotatable bonds is 4. The number of amides is 1. The predicted molar refractivity (Wildman–Crippen MR) is 74.4 cm³/mol. The molecule has 5 heteroatoms. The highest BCUT2D eigenvalue weighted by atomic mass is 16.2. The van der Waals surface area contributed by atoms with Crippen molar-refractivity contribution in [2.24, 2.45) is 5.73 Å². The van der Waals surface area contributed by atoms with E-state index >= 15 is 0 Å². The number of hydrogen-bond acceptors (Lipinski definition) is 4. The van der Waals surface area contributed by atoms with Crippen molar-refractivity contribution in [3.63, 3.8) is 0 Å². The maximum atomic E-state index is 11.9.